The molecule has 8 nitrogen and oxygen atoms in total. The van der Waals surface area contributed by atoms with Gasteiger partial charge in [0.2, 0.25) is 11.7 Å². The minimum Gasteiger partial charge on any atom is -0.493 e. The molecule has 24 heavy (non-hydrogen) atoms. The number of hydrogen-bond acceptors (Lipinski definition) is 5. The lowest BCUT2D eigenvalue weighted by Gasteiger charge is -2.34. The molecule has 0 unspecified atom stereocenters. The maximum Gasteiger partial charge on any atom is 0.321 e. The Morgan fingerprint density at radius 2 is 1.42 bits per heavy atom. The van der Waals surface area contributed by atoms with E-state index in [1.54, 1.807) is 21.9 Å². The summed E-state index contributed by atoms with van der Waals surface area (Å²) in [6.07, 6.45) is 0. The molecule has 1 aromatic rings. The van der Waals surface area contributed by atoms with E-state index in [-0.39, 0.29) is 11.9 Å². The van der Waals surface area contributed by atoms with E-state index in [4.69, 9.17) is 14.2 Å². The zero-order chi connectivity index (χ0) is 17.7. The number of amides is 3. The summed E-state index contributed by atoms with van der Waals surface area (Å²) in [4.78, 5) is 27.1. The molecule has 1 aliphatic heterocycles. The summed E-state index contributed by atoms with van der Waals surface area (Å²) in [6.45, 7) is 3.60. The van der Waals surface area contributed by atoms with E-state index >= 15 is 0 Å². The lowest BCUT2D eigenvalue weighted by molar-refractivity contribution is -0.130. The molecule has 1 saturated heterocycles. The Bertz CT molecular complexity index is 587. The van der Waals surface area contributed by atoms with Crippen molar-refractivity contribution in [2.45, 2.75) is 6.92 Å². The number of ether oxygens (including phenoxy) is 3. The first-order chi connectivity index (χ1) is 11.5. The highest BCUT2D eigenvalue weighted by molar-refractivity contribution is 5.90. The van der Waals surface area contributed by atoms with Crippen LogP contribution < -0.4 is 19.5 Å². The van der Waals surface area contributed by atoms with Crippen molar-refractivity contribution in [1.29, 1.82) is 0 Å². The third-order valence-electron chi connectivity index (χ3n) is 3.93. The molecule has 1 fully saturated rings. The van der Waals surface area contributed by atoms with E-state index in [2.05, 4.69) is 5.32 Å². The standard InChI is InChI=1S/C16H23N3O5/c1-11(20)18-5-7-19(8-6-18)16(21)17-12-9-13(22-2)15(24-4)14(10-12)23-3/h9-10H,5-8H2,1-4H3,(H,17,21). The molecule has 0 saturated carbocycles. The molecule has 132 valence electrons. The van der Waals surface area contributed by atoms with Crippen molar-refractivity contribution in [2.24, 2.45) is 0 Å². The lowest BCUT2D eigenvalue weighted by Crippen LogP contribution is -2.51. The van der Waals surface area contributed by atoms with Gasteiger partial charge in [-0.2, -0.15) is 0 Å². The predicted molar refractivity (Wildman–Crippen MR) is 88.9 cm³/mol. The average Bonchev–Trinajstić information content (AvgIpc) is 2.60. The minimum atomic E-state index is -0.229. The van der Waals surface area contributed by atoms with Gasteiger partial charge >= 0.3 is 6.03 Å². The van der Waals surface area contributed by atoms with Crippen LogP contribution in [-0.4, -0.2) is 69.2 Å². The summed E-state index contributed by atoms with van der Waals surface area (Å²) in [5.74, 6) is 1.43. The largest absolute Gasteiger partial charge is 0.493 e. The van der Waals surface area contributed by atoms with Crippen molar-refractivity contribution in [3.63, 3.8) is 0 Å². The van der Waals surface area contributed by atoms with Crippen molar-refractivity contribution in [3.05, 3.63) is 12.1 Å². The fraction of sp³-hybridized carbons (Fsp3) is 0.500. The second-order valence-electron chi connectivity index (χ2n) is 5.34. The summed E-state index contributed by atoms with van der Waals surface area (Å²) in [5, 5.41) is 2.82. The quantitative estimate of drug-likeness (QED) is 0.898. The van der Waals surface area contributed by atoms with E-state index in [1.165, 1.54) is 28.3 Å². The first-order valence-electron chi connectivity index (χ1n) is 7.61. The molecule has 1 aliphatic rings. The van der Waals surface area contributed by atoms with Crippen LogP contribution in [0.5, 0.6) is 17.2 Å². The normalized spacial score (nSPS) is 14.2. The van der Waals surface area contributed by atoms with Crippen LogP contribution >= 0.6 is 0 Å². The summed E-state index contributed by atoms with van der Waals surface area (Å²) in [6, 6.07) is 3.11. The number of benzene rings is 1. The fourth-order valence-corrected chi connectivity index (χ4v) is 2.58. The molecule has 0 spiro atoms. The van der Waals surface area contributed by atoms with Crippen LogP contribution in [0.2, 0.25) is 0 Å². The molecule has 1 heterocycles. The molecule has 8 heteroatoms. The monoisotopic (exact) mass is 337 g/mol. The Kier molecular flexibility index (Phi) is 5.73. The first kappa shape index (κ1) is 17.7. The van der Waals surface area contributed by atoms with Gasteiger partial charge < -0.3 is 29.3 Å². The molecule has 1 aromatic carbocycles. The molecule has 1 N–H and O–H groups in total. The van der Waals surface area contributed by atoms with Gasteiger partial charge in [-0.15, -0.1) is 0 Å². The highest BCUT2D eigenvalue weighted by Gasteiger charge is 2.23. The molecule has 3 amide bonds. The number of nitrogens with zero attached hydrogens (tertiary/aromatic N) is 2. The molecule has 0 atom stereocenters. The van der Waals surface area contributed by atoms with E-state index < -0.39 is 0 Å². The SMILES string of the molecule is COc1cc(NC(=O)N2CCN(C(C)=O)CC2)cc(OC)c1OC. The van der Waals surface area contributed by atoms with Crippen molar-refractivity contribution in [3.8, 4) is 17.2 Å². The van der Waals surface area contributed by atoms with Gasteiger partial charge in [0.25, 0.3) is 0 Å². The van der Waals surface area contributed by atoms with Gasteiger partial charge in [-0.3, -0.25) is 4.79 Å². The first-order valence-corrected chi connectivity index (χ1v) is 7.61. The third kappa shape index (κ3) is 3.81. The van der Waals surface area contributed by atoms with Crippen LogP contribution in [0.4, 0.5) is 10.5 Å². The van der Waals surface area contributed by atoms with Gasteiger partial charge in [-0.1, -0.05) is 0 Å². The zero-order valence-electron chi connectivity index (χ0n) is 14.4. The summed E-state index contributed by atoms with van der Waals surface area (Å²) < 4.78 is 15.8. The molecular formula is C16H23N3O5. The molecule has 0 aromatic heterocycles. The Morgan fingerprint density at radius 3 is 1.83 bits per heavy atom. The Labute approximate surface area is 141 Å². The summed E-state index contributed by atoms with van der Waals surface area (Å²) >= 11 is 0. The number of methoxy groups -OCH3 is 3. The molecule has 0 bridgehead atoms. The van der Waals surface area contributed by atoms with Gasteiger partial charge in [0.05, 0.1) is 27.0 Å². The molecule has 0 radical (unpaired) electrons. The third-order valence-corrected chi connectivity index (χ3v) is 3.93. The van der Waals surface area contributed by atoms with Crippen molar-refractivity contribution < 1.29 is 23.8 Å². The zero-order valence-corrected chi connectivity index (χ0v) is 14.4. The minimum absolute atomic E-state index is 0.0275. The maximum atomic E-state index is 12.4. The number of hydrogen-bond donors (Lipinski definition) is 1. The molecule has 2 rings (SSSR count). The second kappa shape index (κ2) is 7.76. The van der Waals surface area contributed by atoms with Gasteiger partial charge in [-0.05, 0) is 0 Å². The van der Waals surface area contributed by atoms with E-state index in [0.717, 1.165) is 0 Å². The van der Waals surface area contributed by atoms with E-state index in [9.17, 15) is 9.59 Å². The van der Waals surface area contributed by atoms with Crippen molar-refractivity contribution in [2.75, 3.05) is 52.8 Å². The van der Waals surface area contributed by atoms with Crippen molar-refractivity contribution in [1.82, 2.24) is 9.80 Å². The fourth-order valence-electron chi connectivity index (χ4n) is 2.58. The predicted octanol–water partition coefficient (Wildman–Crippen LogP) is 1.41. The second-order valence-corrected chi connectivity index (χ2v) is 5.34. The van der Waals surface area contributed by atoms with Gasteiger partial charge in [0.1, 0.15) is 0 Å². The number of nitrogens with one attached hydrogen (secondary N) is 1. The van der Waals surface area contributed by atoms with Crippen LogP contribution in [-0.2, 0) is 4.79 Å². The number of urea groups is 1. The number of anilines is 1. The maximum absolute atomic E-state index is 12.4. The van der Waals surface area contributed by atoms with E-state index in [0.29, 0.717) is 49.1 Å². The number of piperazine rings is 1. The van der Waals surface area contributed by atoms with Crippen LogP contribution in [0.25, 0.3) is 0 Å². The average molecular weight is 337 g/mol. The Hall–Kier alpha value is -2.64. The van der Waals surface area contributed by atoms with Crippen LogP contribution in [0.15, 0.2) is 12.1 Å². The van der Waals surface area contributed by atoms with Gasteiger partial charge in [-0.25, -0.2) is 4.79 Å². The van der Waals surface area contributed by atoms with Crippen LogP contribution in [0, 0.1) is 0 Å². The Balaban J connectivity index is 2.08. The topological polar surface area (TPSA) is 80.3 Å². The smallest absolute Gasteiger partial charge is 0.321 e. The van der Waals surface area contributed by atoms with Gasteiger partial charge in [0.15, 0.2) is 11.5 Å². The summed E-state index contributed by atoms with van der Waals surface area (Å²) in [5.41, 5.74) is 0.545. The lowest BCUT2D eigenvalue weighted by atomic mass is 10.2. The highest BCUT2D eigenvalue weighted by Crippen LogP contribution is 2.39. The highest BCUT2D eigenvalue weighted by atomic mass is 16.5. The van der Waals surface area contributed by atoms with Gasteiger partial charge in [0, 0.05) is 45.2 Å². The number of rotatable bonds is 4. The van der Waals surface area contributed by atoms with E-state index in [1.807, 2.05) is 0 Å². The summed E-state index contributed by atoms with van der Waals surface area (Å²) in [7, 11) is 4.56. The Morgan fingerprint density at radius 1 is 0.917 bits per heavy atom. The van der Waals surface area contributed by atoms with Crippen LogP contribution in [0.1, 0.15) is 6.92 Å². The number of carbonyl (C=O) groups excluding carboxylic acids is 2. The molecular weight excluding hydrogens is 314 g/mol. The number of carbonyl (C=O) groups is 2. The van der Waals surface area contributed by atoms with Crippen molar-refractivity contribution >= 4 is 17.6 Å². The molecule has 0 aliphatic carbocycles. The van der Waals surface area contributed by atoms with Crippen LogP contribution in [0.3, 0.4) is 0 Å².